The normalized spacial score (nSPS) is 32.0. The summed E-state index contributed by atoms with van der Waals surface area (Å²) in [5, 5.41) is 0. The second-order valence-electron chi connectivity index (χ2n) is 12.5. The van der Waals surface area contributed by atoms with Crippen molar-refractivity contribution in [3.05, 3.63) is 93.1 Å². The van der Waals surface area contributed by atoms with Crippen LogP contribution in [0.1, 0.15) is 77.6 Å². The summed E-state index contributed by atoms with van der Waals surface area (Å²) in [4.78, 5) is 66.1. The van der Waals surface area contributed by atoms with E-state index < -0.39 is 0 Å². The number of aromatic amines is 3. The molecule has 0 bridgehead atoms. The fourth-order valence-corrected chi connectivity index (χ4v) is 8.95. The Morgan fingerprint density at radius 2 is 1.43 bits per heavy atom. The Morgan fingerprint density at radius 3 is 2.10 bits per heavy atom. The molecule has 3 aromatic rings. The average Bonchev–Trinajstić information content (AvgIpc) is 3.41. The van der Waals surface area contributed by atoms with Crippen LogP contribution in [0.15, 0.2) is 48.1 Å². The number of aromatic nitrogens is 3. The highest BCUT2D eigenvalue weighted by atomic mass is 16.2. The molecule has 2 amide bonds. The Bertz CT molecular complexity index is 1850. The zero-order valence-electron chi connectivity index (χ0n) is 22.3. The van der Waals surface area contributed by atoms with Gasteiger partial charge in [-0.15, -0.1) is 0 Å². The monoisotopic (exact) mass is 533 g/mol. The number of carbonyl (C=O) groups excluding carboxylic acids is 4. The number of ketones is 2. The van der Waals surface area contributed by atoms with Crippen molar-refractivity contribution in [1.29, 1.82) is 0 Å². The van der Waals surface area contributed by atoms with E-state index in [1.807, 2.05) is 26.2 Å². The van der Waals surface area contributed by atoms with Gasteiger partial charge in [0.2, 0.25) is 11.6 Å². The highest BCUT2D eigenvalue weighted by Gasteiger charge is 2.73. The van der Waals surface area contributed by atoms with Gasteiger partial charge in [0.15, 0.2) is 0 Å². The number of H-pyrrole nitrogens is 3. The summed E-state index contributed by atoms with van der Waals surface area (Å²) in [6, 6.07) is 3.30. The van der Waals surface area contributed by atoms with Crippen LogP contribution in [0, 0.1) is 31.6 Å². The summed E-state index contributed by atoms with van der Waals surface area (Å²) in [5.74, 6) is 0.181. The zero-order chi connectivity index (χ0) is 27.5. The first-order valence-electron chi connectivity index (χ1n) is 13.9. The molecule has 2 spiro atoms. The first kappa shape index (κ1) is 22.4. The van der Waals surface area contributed by atoms with Gasteiger partial charge < -0.3 is 24.8 Å². The standard InChI is InChI=1S/C31H27N5O4/c1-13-9-32-26-20(37)6-22-30(24(13)26)8-16(30)11-35(22)28(39)18-4-5-19(34-18)29(40)36-12-17-15(3)31(17)23(36)7-21(38)27-25(31)14(2)10-33-27/h4-7,9-10,15-17,32-34H,8,11-12H2,1-3H3/t15-,16-,17+,30?,31?/m1/s1. The summed E-state index contributed by atoms with van der Waals surface area (Å²) in [6.07, 6.45) is 7.91. The first-order chi connectivity index (χ1) is 19.2. The largest absolute Gasteiger partial charge is 0.358 e. The lowest BCUT2D eigenvalue weighted by Crippen LogP contribution is -2.36. The molecule has 2 saturated carbocycles. The molecule has 4 fully saturated rings. The van der Waals surface area contributed by atoms with Crippen LogP contribution in [0.25, 0.3) is 0 Å². The molecular weight excluding hydrogens is 506 g/mol. The summed E-state index contributed by atoms with van der Waals surface area (Å²) in [5.41, 5.74) is 7.01. The van der Waals surface area contributed by atoms with Gasteiger partial charge in [-0.1, -0.05) is 6.92 Å². The third kappa shape index (κ3) is 2.26. The first-order valence-corrected chi connectivity index (χ1v) is 13.9. The molecule has 5 heterocycles. The van der Waals surface area contributed by atoms with E-state index in [1.165, 1.54) is 0 Å². The molecule has 6 aliphatic rings. The highest BCUT2D eigenvalue weighted by molar-refractivity contribution is 6.10. The number of fused-ring (bicyclic) bond motifs is 2. The minimum Gasteiger partial charge on any atom is -0.358 e. The van der Waals surface area contributed by atoms with E-state index in [9.17, 15) is 19.2 Å². The average molecular weight is 534 g/mol. The molecular formula is C31H27N5O4. The van der Waals surface area contributed by atoms with Gasteiger partial charge >= 0.3 is 0 Å². The maximum atomic E-state index is 13.8. The fourth-order valence-electron chi connectivity index (χ4n) is 8.95. The SMILES string of the molecule is Cc1c[nH]c2c1C13C[C@@H]1CN(C(=O)c1ccc(C(=O)N4C[C@H]5[C@@H](C)C56C4=CC(=O)c4[nH]cc(C)c46)[nH]1)C3=CC2=O. The molecule has 9 heteroatoms. The number of hydrogen-bond donors (Lipinski definition) is 3. The van der Waals surface area contributed by atoms with E-state index in [0.717, 1.165) is 40.1 Å². The lowest BCUT2D eigenvalue weighted by atomic mass is 9.82. The lowest BCUT2D eigenvalue weighted by molar-refractivity contribution is 0.0800. The van der Waals surface area contributed by atoms with E-state index in [4.69, 9.17) is 0 Å². The van der Waals surface area contributed by atoms with E-state index in [0.29, 0.717) is 41.8 Å². The molecule has 5 atom stereocenters. The topological polar surface area (TPSA) is 122 Å². The molecule has 9 rings (SSSR count). The molecule has 3 aromatic heterocycles. The number of amides is 2. The van der Waals surface area contributed by atoms with Gasteiger partial charge in [-0.2, -0.15) is 0 Å². The Hall–Kier alpha value is -4.40. The summed E-state index contributed by atoms with van der Waals surface area (Å²) >= 11 is 0. The van der Waals surface area contributed by atoms with Crippen LogP contribution in [0.4, 0.5) is 0 Å². The maximum absolute atomic E-state index is 13.8. The predicted molar refractivity (Wildman–Crippen MR) is 143 cm³/mol. The maximum Gasteiger partial charge on any atom is 0.274 e. The molecule has 2 aliphatic heterocycles. The van der Waals surface area contributed by atoms with Crippen molar-refractivity contribution in [2.75, 3.05) is 13.1 Å². The van der Waals surface area contributed by atoms with Gasteiger partial charge in [-0.05, 0) is 72.4 Å². The molecule has 2 saturated heterocycles. The summed E-state index contributed by atoms with van der Waals surface area (Å²) < 4.78 is 0. The molecule has 0 aromatic carbocycles. The van der Waals surface area contributed by atoms with Gasteiger partial charge in [0.05, 0.1) is 11.4 Å². The number of hydrogen-bond acceptors (Lipinski definition) is 4. The molecule has 0 radical (unpaired) electrons. The summed E-state index contributed by atoms with van der Waals surface area (Å²) in [6.45, 7) is 7.29. The minimum atomic E-state index is -0.311. The van der Waals surface area contributed by atoms with Crippen molar-refractivity contribution < 1.29 is 19.2 Å². The van der Waals surface area contributed by atoms with Crippen LogP contribution < -0.4 is 0 Å². The van der Waals surface area contributed by atoms with Crippen molar-refractivity contribution in [2.24, 2.45) is 17.8 Å². The summed E-state index contributed by atoms with van der Waals surface area (Å²) in [7, 11) is 0. The Labute approximate surface area is 229 Å². The fraction of sp³-hybridized carbons (Fsp3) is 0.355. The van der Waals surface area contributed by atoms with Gasteiger partial charge in [0.25, 0.3) is 11.8 Å². The number of aryl methyl sites for hydroxylation is 2. The minimum absolute atomic E-state index is 0.108. The Morgan fingerprint density at radius 1 is 0.850 bits per heavy atom. The van der Waals surface area contributed by atoms with Crippen LogP contribution in [0.5, 0.6) is 0 Å². The van der Waals surface area contributed by atoms with E-state index in [2.05, 4.69) is 21.9 Å². The van der Waals surface area contributed by atoms with E-state index >= 15 is 0 Å². The molecule has 200 valence electrons. The van der Waals surface area contributed by atoms with E-state index in [1.54, 1.807) is 34.1 Å². The van der Waals surface area contributed by atoms with Crippen LogP contribution in [-0.4, -0.2) is 61.2 Å². The number of nitrogens with zero attached hydrogens (tertiary/aromatic N) is 2. The molecule has 4 aliphatic carbocycles. The third-order valence-corrected chi connectivity index (χ3v) is 10.8. The quantitative estimate of drug-likeness (QED) is 0.467. The number of nitrogens with one attached hydrogen (secondary N) is 3. The second-order valence-corrected chi connectivity index (χ2v) is 12.5. The van der Waals surface area contributed by atoms with E-state index in [-0.39, 0.29) is 46.0 Å². The third-order valence-electron chi connectivity index (χ3n) is 10.8. The smallest absolute Gasteiger partial charge is 0.274 e. The van der Waals surface area contributed by atoms with Gasteiger partial charge in [-0.25, -0.2) is 0 Å². The molecule has 3 N–H and O–H groups in total. The Kier molecular flexibility index (Phi) is 3.73. The van der Waals surface area contributed by atoms with Crippen molar-refractivity contribution in [2.45, 2.75) is 38.0 Å². The second kappa shape index (κ2) is 6.66. The molecule has 9 nitrogen and oxygen atoms in total. The van der Waals surface area contributed by atoms with Crippen LogP contribution in [0.2, 0.25) is 0 Å². The number of allylic oxidation sites excluding steroid dienone is 4. The van der Waals surface area contributed by atoms with Crippen molar-refractivity contribution in [1.82, 2.24) is 24.8 Å². The number of carbonyl (C=O) groups is 4. The molecule has 40 heavy (non-hydrogen) atoms. The van der Waals surface area contributed by atoms with Crippen molar-refractivity contribution >= 4 is 23.4 Å². The lowest BCUT2D eigenvalue weighted by Gasteiger charge is -2.30. The predicted octanol–water partition coefficient (Wildman–Crippen LogP) is 3.52. The van der Waals surface area contributed by atoms with Crippen LogP contribution >= 0.6 is 0 Å². The van der Waals surface area contributed by atoms with Gasteiger partial charge in [0, 0.05) is 59.9 Å². The van der Waals surface area contributed by atoms with Crippen LogP contribution in [-0.2, 0) is 10.8 Å². The van der Waals surface area contributed by atoms with Gasteiger partial charge in [0.1, 0.15) is 11.4 Å². The molecule has 2 unspecified atom stereocenters. The number of rotatable bonds is 2. The number of piperidine rings is 2. The van der Waals surface area contributed by atoms with Gasteiger partial charge in [-0.3, -0.25) is 19.2 Å². The van der Waals surface area contributed by atoms with Crippen molar-refractivity contribution in [3.63, 3.8) is 0 Å². The van der Waals surface area contributed by atoms with Crippen molar-refractivity contribution in [3.8, 4) is 0 Å². The highest BCUT2D eigenvalue weighted by Crippen LogP contribution is 2.71. The van der Waals surface area contributed by atoms with Crippen LogP contribution in [0.3, 0.4) is 0 Å². The zero-order valence-corrected chi connectivity index (χ0v) is 22.3. The Balaban J connectivity index is 1.02. The number of likely N-dealkylation sites (tertiary alicyclic amines) is 2.